The Hall–Kier alpha value is -1.36. The number of likely N-dealkylation sites (tertiary alicyclic amines) is 1. The SMILES string of the molecule is CNC1CCCN(C(C)c2ncc(C)o2)C1=O. The molecule has 1 saturated heterocycles. The van der Waals surface area contributed by atoms with Gasteiger partial charge in [-0.1, -0.05) is 0 Å². The number of amides is 1. The number of oxazole rings is 1. The number of hydrogen-bond acceptors (Lipinski definition) is 4. The fourth-order valence-corrected chi connectivity index (χ4v) is 2.25. The Bertz CT molecular complexity index is 402. The number of likely N-dealkylation sites (N-methyl/N-ethyl adjacent to an activating group) is 1. The van der Waals surface area contributed by atoms with Crippen molar-refractivity contribution < 1.29 is 9.21 Å². The van der Waals surface area contributed by atoms with E-state index in [1.807, 2.05) is 25.8 Å². The second kappa shape index (κ2) is 4.87. The van der Waals surface area contributed by atoms with Gasteiger partial charge in [0.1, 0.15) is 11.8 Å². The molecule has 1 aromatic rings. The van der Waals surface area contributed by atoms with Crippen LogP contribution in [-0.4, -0.2) is 35.4 Å². The standard InChI is InChI=1S/C12H19N3O2/c1-8-7-14-11(17-8)9(2)15-6-4-5-10(13-3)12(15)16/h7,9-10,13H,4-6H2,1-3H3. The minimum Gasteiger partial charge on any atom is -0.444 e. The first-order valence-electron chi connectivity index (χ1n) is 6.03. The van der Waals surface area contributed by atoms with Crippen LogP contribution in [0.5, 0.6) is 0 Å². The molecule has 0 saturated carbocycles. The van der Waals surface area contributed by atoms with Crippen molar-refractivity contribution in [3.05, 3.63) is 17.8 Å². The molecule has 1 aliphatic heterocycles. The number of nitrogens with zero attached hydrogens (tertiary/aromatic N) is 2. The number of piperidine rings is 1. The van der Waals surface area contributed by atoms with Gasteiger partial charge in [-0.05, 0) is 33.7 Å². The summed E-state index contributed by atoms with van der Waals surface area (Å²) < 4.78 is 5.49. The molecule has 94 valence electrons. The van der Waals surface area contributed by atoms with Crippen LogP contribution in [0.15, 0.2) is 10.6 Å². The minimum absolute atomic E-state index is 0.0674. The van der Waals surface area contributed by atoms with Gasteiger partial charge in [-0.2, -0.15) is 0 Å². The second-order valence-electron chi connectivity index (χ2n) is 4.50. The van der Waals surface area contributed by atoms with Crippen molar-refractivity contribution in [3.8, 4) is 0 Å². The molecule has 17 heavy (non-hydrogen) atoms. The largest absolute Gasteiger partial charge is 0.444 e. The van der Waals surface area contributed by atoms with Crippen molar-refractivity contribution >= 4 is 5.91 Å². The number of carbonyl (C=O) groups excluding carboxylic acids is 1. The topological polar surface area (TPSA) is 58.4 Å². The van der Waals surface area contributed by atoms with Crippen molar-refractivity contribution in [3.63, 3.8) is 0 Å². The first-order chi connectivity index (χ1) is 8.13. The van der Waals surface area contributed by atoms with E-state index in [2.05, 4.69) is 10.3 Å². The zero-order chi connectivity index (χ0) is 12.4. The molecule has 2 rings (SSSR count). The number of rotatable bonds is 3. The maximum atomic E-state index is 12.2. The molecule has 2 atom stereocenters. The van der Waals surface area contributed by atoms with E-state index in [0.717, 1.165) is 25.1 Å². The summed E-state index contributed by atoms with van der Waals surface area (Å²) in [5.74, 6) is 1.54. The van der Waals surface area contributed by atoms with Crippen molar-refractivity contribution in [2.24, 2.45) is 0 Å². The Morgan fingerprint density at radius 3 is 3.00 bits per heavy atom. The Labute approximate surface area is 101 Å². The molecule has 1 aromatic heterocycles. The van der Waals surface area contributed by atoms with Crippen LogP contribution in [0, 0.1) is 6.92 Å². The van der Waals surface area contributed by atoms with E-state index in [0.29, 0.717) is 5.89 Å². The highest BCUT2D eigenvalue weighted by molar-refractivity contribution is 5.82. The fraction of sp³-hybridized carbons (Fsp3) is 0.667. The van der Waals surface area contributed by atoms with E-state index in [9.17, 15) is 4.79 Å². The van der Waals surface area contributed by atoms with Gasteiger partial charge in [-0.3, -0.25) is 4.79 Å². The summed E-state index contributed by atoms with van der Waals surface area (Å²) in [5, 5.41) is 3.05. The number of nitrogens with one attached hydrogen (secondary N) is 1. The molecule has 5 nitrogen and oxygen atoms in total. The zero-order valence-electron chi connectivity index (χ0n) is 10.6. The van der Waals surface area contributed by atoms with Gasteiger partial charge in [-0.15, -0.1) is 0 Å². The molecule has 0 spiro atoms. The summed E-state index contributed by atoms with van der Waals surface area (Å²) in [6.45, 7) is 4.60. The van der Waals surface area contributed by atoms with E-state index in [1.165, 1.54) is 0 Å². The van der Waals surface area contributed by atoms with Gasteiger partial charge in [0.05, 0.1) is 12.2 Å². The lowest BCUT2D eigenvalue weighted by Gasteiger charge is -2.35. The predicted molar refractivity (Wildman–Crippen MR) is 63.4 cm³/mol. The van der Waals surface area contributed by atoms with E-state index >= 15 is 0 Å². The van der Waals surface area contributed by atoms with Gasteiger partial charge in [0.25, 0.3) is 0 Å². The van der Waals surface area contributed by atoms with Crippen LogP contribution in [-0.2, 0) is 4.79 Å². The van der Waals surface area contributed by atoms with Crippen LogP contribution in [0.4, 0.5) is 0 Å². The summed E-state index contributed by atoms with van der Waals surface area (Å²) in [4.78, 5) is 18.2. The molecule has 1 amide bonds. The van der Waals surface area contributed by atoms with E-state index in [4.69, 9.17) is 4.42 Å². The number of aryl methyl sites for hydroxylation is 1. The molecule has 1 fully saturated rings. The van der Waals surface area contributed by atoms with Gasteiger partial charge in [0, 0.05) is 6.54 Å². The van der Waals surface area contributed by atoms with Crippen LogP contribution >= 0.6 is 0 Å². The van der Waals surface area contributed by atoms with Gasteiger partial charge < -0.3 is 14.6 Å². The van der Waals surface area contributed by atoms with E-state index in [-0.39, 0.29) is 18.0 Å². The van der Waals surface area contributed by atoms with Gasteiger partial charge in [0.2, 0.25) is 11.8 Å². The maximum Gasteiger partial charge on any atom is 0.240 e. The summed E-state index contributed by atoms with van der Waals surface area (Å²) in [6, 6.07) is -0.158. The number of hydrogen-bond donors (Lipinski definition) is 1. The lowest BCUT2D eigenvalue weighted by molar-refractivity contribution is -0.138. The molecule has 2 heterocycles. The summed E-state index contributed by atoms with van der Waals surface area (Å²) in [7, 11) is 1.83. The minimum atomic E-state index is -0.0904. The fourth-order valence-electron chi connectivity index (χ4n) is 2.25. The molecular formula is C12H19N3O2. The Morgan fingerprint density at radius 2 is 2.41 bits per heavy atom. The van der Waals surface area contributed by atoms with Crippen LogP contribution in [0.1, 0.15) is 37.5 Å². The first kappa shape index (κ1) is 12.1. The van der Waals surface area contributed by atoms with Crippen molar-refractivity contribution in [1.82, 2.24) is 15.2 Å². The van der Waals surface area contributed by atoms with Gasteiger partial charge in [0.15, 0.2) is 0 Å². The number of carbonyl (C=O) groups is 1. The lowest BCUT2D eigenvalue weighted by Crippen LogP contribution is -2.50. The lowest BCUT2D eigenvalue weighted by atomic mass is 10.0. The molecule has 5 heteroatoms. The molecule has 1 aliphatic rings. The predicted octanol–water partition coefficient (Wildman–Crippen LogP) is 1.25. The highest BCUT2D eigenvalue weighted by Crippen LogP contribution is 2.24. The average molecular weight is 237 g/mol. The van der Waals surface area contributed by atoms with Crippen molar-refractivity contribution in [2.45, 2.75) is 38.8 Å². The third-order valence-electron chi connectivity index (χ3n) is 3.29. The Balaban J connectivity index is 2.13. The molecule has 0 bridgehead atoms. The van der Waals surface area contributed by atoms with Crippen LogP contribution in [0.25, 0.3) is 0 Å². The molecule has 0 radical (unpaired) electrons. The smallest absolute Gasteiger partial charge is 0.240 e. The molecule has 0 aliphatic carbocycles. The molecular weight excluding hydrogens is 218 g/mol. The molecule has 0 aromatic carbocycles. The van der Waals surface area contributed by atoms with Crippen LogP contribution in [0.2, 0.25) is 0 Å². The Morgan fingerprint density at radius 1 is 1.65 bits per heavy atom. The third-order valence-corrected chi connectivity index (χ3v) is 3.29. The Kier molecular flexibility index (Phi) is 3.47. The molecule has 1 N–H and O–H groups in total. The van der Waals surface area contributed by atoms with E-state index in [1.54, 1.807) is 6.20 Å². The first-order valence-corrected chi connectivity index (χ1v) is 6.03. The summed E-state index contributed by atoms with van der Waals surface area (Å²) in [6.07, 6.45) is 3.61. The average Bonchev–Trinajstić information content (AvgIpc) is 2.75. The van der Waals surface area contributed by atoms with Crippen LogP contribution < -0.4 is 5.32 Å². The highest BCUT2D eigenvalue weighted by atomic mass is 16.4. The summed E-state index contributed by atoms with van der Waals surface area (Å²) in [5.41, 5.74) is 0. The maximum absolute atomic E-state index is 12.2. The monoisotopic (exact) mass is 237 g/mol. The third kappa shape index (κ3) is 2.34. The quantitative estimate of drug-likeness (QED) is 0.859. The van der Waals surface area contributed by atoms with Gasteiger partial charge >= 0.3 is 0 Å². The van der Waals surface area contributed by atoms with Crippen LogP contribution in [0.3, 0.4) is 0 Å². The van der Waals surface area contributed by atoms with Crippen molar-refractivity contribution in [1.29, 1.82) is 0 Å². The molecule has 2 unspecified atom stereocenters. The normalized spacial score (nSPS) is 22.9. The second-order valence-corrected chi connectivity index (χ2v) is 4.50. The number of aromatic nitrogens is 1. The highest BCUT2D eigenvalue weighted by Gasteiger charge is 2.32. The van der Waals surface area contributed by atoms with Crippen molar-refractivity contribution in [2.75, 3.05) is 13.6 Å². The van der Waals surface area contributed by atoms with E-state index < -0.39 is 0 Å². The van der Waals surface area contributed by atoms with Gasteiger partial charge in [-0.25, -0.2) is 4.98 Å². The summed E-state index contributed by atoms with van der Waals surface area (Å²) >= 11 is 0. The zero-order valence-corrected chi connectivity index (χ0v) is 10.6.